The number of rotatable bonds is 7. The second kappa shape index (κ2) is 7.56. The molecule has 1 atom stereocenters. The van der Waals surface area contributed by atoms with Gasteiger partial charge in [0.25, 0.3) is 0 Å². The maximum atomic E-state index is 5.57. The molecule has 0 heterocycles. The number of hydrogen-bond donors (Lipinski definition) is 1. The minimum absolute atomic E-state index is 0.275. The topological polar surface area (TPSA) is 35.2 Å². The Hall–Kier alpha value is -0.0800. The van der Waals surface area contributed by atoms with Crippen molar-refractivity contribution in [3.8, 4) is 0 Å². The highest BCUT2D eigenvalue weighted by Gasteiger charge is 2.02. The Bertz CT molecular complexity index is 89.8. The molecule has 0 aliphatic heterocycles. The monoisotopic (exact) mass is 173 g/mol. The minimum Gasteiger partial charge on any atom is -0.377 e. The van der Waals surface area contributed by atoms with Gasteiger partial charge < -0.3 is 10.5 Å². The third-order valence-corrected chi connectivity index (χ3v) is 2.00. The van der Waals surface area contributed by atoms with Crippen molar-refractivity contribution < 1.29 is 4.74 Å². The van der Waals surface area contributed by atoms with Crippen LogP contribution in [0.3, 0.4) is 0 Å². The number of ether oxygens (including phenoxy) is 1. The first-order valence-electron chi connectivity index (χ1n) is 5.02. The molecule has 2 nitrogen and oxygen atoms in total. The lowest BCUT2D eigenvalue weighted by Gasteiger charge is -2.13. The van der Waals surface area contributed by atoms with Gasteiger partial charge in [0.05, 0.1) is 6.10 Å². The van der Waals surface area contributed by atoms with E-state index >= 15 is 0 Å². The van der Waals surface area contributed by atoms with Crippen molar-refractivity contribution in [2.45, 2.75) is 46.1 Å². The summed E-state index contributed by atoms with van der Waals surface area (Å²) in [6.45, 7) is 8.10. The molecule has 0 fully saturated rings. The molecule has 0 radical (unpaired) electrons. The quantitative estimate of drug-likeness (QED) is 0.599. The van der Waals surface area contributed by atoms with Crippen molar-refractivity contribution in [3.63, 3.8) is 0 Å². The zero-order valence-corrected chi connectivity index (χ0v) is 8.68. The van der Waals surface area contributed by atoms with Gasteiger partial charge in [-0.1, -0.05) is 20.8 Å². The lowest BCUT2D eigenvalue weighted by atomic mass is 10.1. The first-order valence-corrected chi connectivity index (χ1v) is 5.02. The molecule has 2 N–H and O–H groups in total. The van der Waals surface area contributed by atoms with Crippen LogP contribution >= 0.6 is 0 Å². The summed E-state index contributed by atoms with van der Waals surface area (Å²) in [7, 11) is 0. The molecule has 0 aliphatic carbocycles. The van der Waals surface area contributed by atoms with E-state index < -0.39 is 0 Å². The van der Waals surface area contributed by atoms with Crippen LogP contribution in [0.4, 0.5) is 0 Å². The largest absolute Gasteiger partial charge is 0.377 e. The minimum atomic E-state index is 0.275. The van der Waals surface area contributed by atoms with Crippen LogP contribution < -0.4 is 5.73 Å². The molecule has 12 heavy (non-hydrogen) atoms. The van der Waals surface area contributed by atoms with E-state index in [-0.39, 0.29) is 6.10 Å². The van der Waals surface area contributed by atoms with Crippen LogP contribution in [-0.4, -0.2) is 19.3 Å². The zero-order chi connectivity index (χ0) is 9.40. The molecular formula is C10H23NO. The van der Waals surface area contributed by atoms with Crippen molar-refractivity contribution in [3.05, 3.63) is 0 Å². The summed E-state index contributed by atoms with van der Waals surface area (Å²) >= 11 is 0. The van der Waals surface area contributed by atoms with Crippen molar-refractivity contribution in [1.82, 2.24) is 0 Å². The summed E-state index contributed by atoms with van der Waals surface area (Å²) in [6.07, 6.45) is 3.71. The fourth-order valence-corrected chi connectivity index (χ4v) is 1.09. The molecule has 0 aliphatic rings. The predicted octanol–water partition coefficient (Wildman–Crippen LogP) is 2.18. The summed E-state index contributed by atoms with van der Waals surface area (Å²) in [6, 6.07) is 0. The predicted molar refractivity (Wildman–Crippen MR) is 53.2 cm³/mol. The maximum absolute atomic E-state index is 5.57. The normalized spacial score (nSPS) is 13.8. The molecule has 74 valence electrons. The highest BCUT2D eigenvalue weighted by Crippen LogP contribution is 2.05. The Morgan fingerprint density at radius 1 is 1.33 bits per heavy atom. The number of hydrogen-bond acceptors (Lipinski definition) is 2. The van der Waals surface area contributed by atoms with Gasteiger partial charge in [-0.25, -0.2) is 0 Å². The Morgan fingerprint density at radius 2 is 2.00 bits per heavy atom. The molecule has 0 saturated carbocycles. The standard InChI is InChI=1S/C10H23NO/c1-4-10(8-11)12-7-5-6-9(2)3/h9-10H,4-8,11H2,1-3H3. The molecule has 0 aromatic carbocycles. The Balaban J connectivity index is 3.17. The van der Waals surface area contributed by atoms with Gasteiger partial charge in [-0.15, -0.1) is 0 Å². The highest BCUT2D eigenvalue weighted by atomic mass is 16.5. The summed E-state index contributed by atoms with van der Waals surface area (Å²) in [5.74, 6) is 0.784. The van der Waals surface area contributed by atoms with Crippen LogP contribution in [-0.2, 0) is 4.74 Å². The fourth-order valence-electron chi connectivity index (χ4n) is 1.09. The average molecular weight is 173 g/mol. The van der Waals surface area contributed by atoms with Crippen molar-refractivity contribution in [2.75, 3.05) is 13.2 Å². The van der Waals surface area contributed by atoms with Crippen molar-refractivity contribution >= 4 is 0 Å². The lowest BCUT2D eigenvalue weighted by molar-refractivity contribution is 0.0528. The van der Waals surface area contributed by atoms with Crippen LogP contribution in [0, 0.1) is 5.92 Å². The van der Waals surface area contributed by atoms with Crippen LogP contribution in [0.25, 0.3) is 0 Å². The molecule has 0 aromatic rings. The van der Waals surface area contributed by atoms with E-state index in [2.05, 4.69) is 20.8 Å². The van der Waals surface area contributed by atoms with E-state index in [9.17, 15) is 0 Å². The second-order valence-electron chi connectivity index (χ2n) is 3.67. The summed E-state index contributed by atoms with van der Waals surface area (Å²) in [5.41, 5.74) is 5.50. The Kier molecular flexibility index (Phi) is 7.51. The molecule has 0 amide bonds. The van der Waals surface area contributed by atoms with Crippen LogP contribution in [0.1, 0.15) is 40.0 Å². The van der Waals surface area contributed by atoms with Crippen LogP contribution in [0.5, 0.6) is 0 Å². The first kappa shape index (κ1) is 11.9. The lowest BCUT2D eigenvalue weighted by Crippen LogP contribution is -2.23. The van der Waals surface area contributed by atoms with Crippen LogP contribution in [0.2, 0.25) is 0 Å². The van der Waals surface area contributed by atoms with Gasteiger partial charge in [0.2, 0.25) is 0 Å². The van der Waals surface area contributed by atoms with Gasteiger partial charge in [-0.05, 0) is 25.2 Å². The van der Waals surface area contributed by atoms with E-state index in [1.165, 1.54) is 6.42 Å². The third kappa shape index (κ3) is 6.62. The molecular weight excluding hydrogens is 150 g/mol. The molecule has 0 saturated heterocycles. The molecule has 0 spiro atoms. The Labute approximate surface area is 76.5 Å². The molecule has 1 unspecified atom stereocenters. The summed E-state index contributed by atoms with van der Waals surface area (Å²) in [4.78, 5) is 0. The SMILES string of the molecule is CCC(CN)OCCCC(C)C. The van der Waals surface area contributed by atoms with Gasteiger partial charge in [0.1, 0.15) is 0 Å². The average Bonchev–Trinajstić information content (AvgIpc) is 2.04. The van der Waals surface area contributed by atoms with E-state index in [0.29, 0.717) is 6.54 Å². The van der Waals surface area contributed by atoms with E-state index in [1.807, 2.05) is 0 Å². The smallest absolute Gasteiger partial charge is 0.0694 e. The molecule has 2 heteroatoms. The Morgan fingerprint density at radius 3 is 2.42 bits per heavy atom. The van der Waals surface area contributed by atoms with Gasteiger partial charge >= 0.3 is 0 Å². The second-order valence-corrected chi connectivity index (χ2v) is 3.67. The van der Waals surface area contributed by atoms with Crippen LogP contribution in [0.15, 0.2) is 0 Å². The molecule has 0 bridgehead atoms. The first-order chi connectivity index (χ1) is 5.70. The summed E-state index contributed by atoms with van der Waals surface area (Å²) in [5, 5.41) is 0. The zero-order valence-electron chi connectivity index (χ0n) is 8.68. The van der Waals surface area contributed by atoms with Gasteiger partial charge in [-0.2, -0.15) is 0 Å². The van der Waals surface area contributed by atoms with Crippen molar-refractivity contribution in [2.24, 2.45) is 11.7 Å². The van der Waals surface area contributed by atoms with Gasteiger partial charge in [0, 0.05) is 13.2 Å². The van der Waals surface area contributed by atoms with Gasteiger partial charge in [0.15, 0.2) is 0 Å². The van der Waals surface area contributed by atoms with E-state index in [0.717, 1.165) is 25.4 Å². The van der Waals surface area contributed by atoms with E-state index in [1.54, 1.807) is 0 Å². The highest BCUT2D eigenvalue weighted by molar-refractivity contribution is 4.55. The third-order valence-electron chi connectivity index (χ3n) is 2.00. The van der Waals surface area contributed by atoms with E-state index in [4.69, 9.17) is 10.5 Å². The summed E-state index contributed by atoms with van der Waals surface area (Å²) < 4.78 is 5.57. The van der Waals surface area contributed by atoms with Gasteiger partial charge in [-0.3, -0.25) is 0 Å². The number of nitrogens with two attached hydrogens (primary N) is 1. The molecule has 0 aromatic heterocycles. The molecule has 0 rings (SSSR count). The fraction of sp³-hybridized carbons (Fsp3) is 1.00. The maximum Gasteiger partial charge on any atom is 0.0694 e. The van der Waals surface area contributed by atoms with Crippen molar-refractivity contribution in [1.29, 1.82) is 0 Å².